The lowest BCUT2D eigenvalue weighted by Gasteiger charge is -2.34. The third-order valence-corrected chi connectivity index (χ3v) is 4.68. The van der Waals surface area contributed by atoms with E-state index in [1.165, 1.54) is 6.07 Å². The first-order valence-electron chi connectivity index (χ1n) is 9.22. The maximum Gasteiger partial charge on any atom is 0.303 e. The largest absolute Gasteiger partial charge is 0.481 e. The molecular formula is C21H23FN2O4. The number of ether oxygens (including phenoxy) is 1. The summed E-state index contributed by atoms with van der Waals surface area (Å²) in [6.07, 6.45) is 0.391. The molecule has 0 saturated carbocycles. The number of hydrogen-bond donors (Lipinski definition) is 2. The number of aryl methyl sites for hydroxylation is 1. The molecule has 28 heavy (non-hydrogen) atoms. The lowest BCUT2D eigenvalue weighted by atomic mass is 10.0. The van der Waals surface area contributed by atoms with Crippen molar-refractivity contribution in [1.29, 1.82) is 0 Å². The number of carboxylic acids is 1. The van der Waals surface area contributed by atoms with Gasteiger partial charge in [0.25, 0.3) is 0 Å². The van der Waals surface area contributed by atoms with E-state index in [0.717, 1.165) is 5.56 Å². The number of amides is 1. The zero-order chi connectivity index (χ0) is 19.9. The summed E-state index contributed by atoms with van der Waals surface area (Å²) in [4.78, 5) is 25.8. The lowest BCUT2D eigenvalue weighted by molar-refractivity contribution is -0.137. The molecule has 1 aliphatic heterocycles. The number of anilines is 1. The summed E-state index contributed by atoms with van der Waals surface area (Å²) < 4.78 is 19.8. The van der Waals surface area contributed by atoms with Gasteiger partial charge in [0.15, 0.2) is 0 Å². The van der Waals surface area contributed by atoms with Gasteiger partial charge in [0.2, 0.25) is 5.91 Å². The van der Waals surface area contributed by atoms with Crippen LogP contribution in [0.15, 0.2) is 48.5 Å². The molecule has 1 atom stereocenters. The van der Waals surface area contributed by atoms with E-state index in [2.05, 4.69) is 5.32 Å². The summed E-state index contributed by atoms with van der Waals surface area (Å²) in [5, 5.41) is 11.7. The number of nitrogens with zero attached hydrogens (tertiary/aromatic N) is 1. The molecule has 1 amide bonds. The Balaban J connectivity index is 1.81. The Morgan fingerprint density at radius 2 is 1.89 bits per heavy atom. The fraction of sp³-hybridized carbons (Fsp3) is 0.333. The minimum atomic E-state index is -0.874. The van der Waals surface area contributed by atoms with Crippen LogP contribution in [0.25, 0.3) is 0 Å². The van der Waals surface area contributed by atoms with Gasteiger partial charge in [-0.2, -0.15) is 0 Å². The Morgan fingerprint density at radius 1 is 1.14 bits per heavy atom. The van der Waals surface area contributed by atoms with Gasteiger partial charge < -0.3 is 15.2 Å². The lowest BCUT2D eigenvalue weighted by Crippen LogP contribution is -2.44. The van der Waals surface area contributed by atoms with Crippen LogP contribution in [0.2, 0.25) is 0 Å². The van der Waals surface area contributed by atoms with Crippen LogP contribution in [0.1, 0.15) is 23.6 Å². The number of benzene rings is 2. The van der Waals surface area contributed by atoms with Crippen LogP contribution in [0.4, 0.5) is 10.1 Å². The highest BCUT2D eigenvalue weighted by Crippen LogP contribution is 2.26. The number of rotatable bonds is 7. The summed E-state index contributed by atoms with van der Waals surface area (Å²) in [6.45, 7) is 2.04. The number of carbonyl (C=O) groups is 2. The zero-order valence-electron chi connectivity index (χ0n) is 15.4. The molecule has 2 aromatic carbocycles. The quantitative estimate of drug-likeness (QED) is 0.765. The molecule has 0 bridgehead atoms. The standard InChI is InChI=1S/C21H23FN2O4/c22-18-7-2-1-6-17(18)20(24-10-12-28-13-11-24)21(27)23-16-5-3-4-15(14-16)8-9-19(25)26/h1-7,14,20H,8-13H2,(H,23,27)(H,25,26). The molecule has 0 aromatic heterocycles. The van der Waals surface area contributed by atoms with Crippen LogP contribution >= 0.6 is 0 Å². The van der Waals surface area contributed by atoms with E-state index in [1.54, 1.807) is 36.4 Å². The molecule has 148 valence electrons. The van der Waals surface area contributed by atoms with Crippen LogP contribution in [-0.2, 0) is 20.7 Å². The van der Waals surface area contributed by atoms with Gasteiger partial charge in [-0.15, -0.1) is 0 Å². The second-order valence-corrected chi connectivity index (χ2v) is 6.66. The Morgan fingerprint density at radius 3 is 2.61 bits per heavy atom. The summed E-state index contributed by atoms with van der Waals surface area (Å²) in [7, 11) is 0. The third-order valence-electron chi connectivity index (χ3n) is 4.68. The molecule has 1 saturated heterocycles. The topological polar surface area (TPSA) is 78.9 Å². The summed E-state index contributed by atoms with van der Waals surface area (Å²) in [5.74, 6) is -1.63. The second kappa shape index (κ2) is 9.43. The molecule has 7 heteroatoms. The van der Waals surface area contributed by atoms with Crippen molar-refractivity contribution in [3.05, 3.63) is 65.5 Å². The molecule has 0 radical (unpaired) electrons. The maximum absolute atomic E-state index is 14.4. The number of aliphatic carboxylic acids is 1. The van der Waals surface area contributed by atoms with Gasteiger partial charge in [-0.1, -0.05) is 30.3 Å². The van der Waals surface area contributed by atoms with E-state index < -0.39 is 17.8 Å². The first kappa shape index (κ1) is 20.0. The maximum atomic E-state index is 14.4. The SMILES string of the molecule is O=C(O)CCc1cccc(NC(=O)C(c2ccccc2F)N2CCOCC2)c1. The summed E-state index contributed by atoms with van der Waals surface area (Å²) in [5.41, 5.74) is 1.69. The third kappa shape index (κ3) is 5.15. The predicted molar refractivity (Wildman–Crippen MR) is 103 cm³/mol. The molecule has 3 rings (SSSR count). The van der Waals surface area contributed by atoms with Crippen molar-refractivity contribution in [1.82, 2.24) is 4.90 Å². The van der Waals surface area contributed by atoms with Gasteiger partial charge in [0.1, 0.15) is 11.9 Å². The first-order chi connectivity index (χ1) is 13.5. The highest BCUT2D eigenvalue weighted by atomic mass is 19.1. The van der Waals surface area contributed by atoms with Crippen LogP contribution in [0, 0.1) is 5.82 Å². The normalized spacial score (nSPS) is 15.8. The predicted octanol–water partition coefficient (Wildman–Crippen LogP) is 2.85. The molecule has 1 fully saturated rings. The van der Waals surface area contributed by atoms with Gasteiger partial charge in [-0.05, 0) is 30.2 Å². The van der Waals surface area contributed by atoms with E-state index in [9.17, 15) is 14.0 Å². The average molecular weight is 386 g/mol. The Kier molecular flexibility index (Phi) is 6.73. The Labute approximate surface area is 162 Å². The number of nitrogens with one attached hydrogen (secondary N) is 1. The summed E-state index contributed by atoms with van der Waals surface area (Å²) in [6, 6.07) is 12.6. The van der Waals surface area contributed by atoms with Crippen molar-refractivity contribution in [2.75, 3.05) is 31.6 Å². The van der Waals surface area contributed by atoms with Crippen molar-refractivity contribution < 1.29 is 23.8 Å². The molecule has 6 nitrogen and oxygen atoms in total. The fourth-order valence-electron chi connectivity index (χ4n) is 3.30. The summed E-state index contributed by atoms with van der Waals surface area (Å²) >= 11 is 0. The number of hydrogen-bond acceptors (Lipinski definition) is 4. The van der Waals surface area contributed by atoms with Crippen molar-refractivity contribution in [2.45, 2.75) is 18.9 Å². The van der Waals surface area contributed by atoms with Crippen molar-refractivity contribution >= 4 is 17.6 Å². The average Bonchev–Trinajstić information content (AvgIpc) is 2.69. The Bertz CT molecular complexity index is 837. The molecule has 0 spiro atoms. The molecule has 0 aliphatic carbocycles. The number of carboxylic acid groups (broad SMARTS) is 1. The smallest absolute Gasteiger partial charge is 0.303 e. The fourth-order valence-corrected chi connectivity index (χ4v) is 3.30. The van der Waals surface area contributed by atoms with Gasteiger partial charge >= 0.3 is 5.97 Å². The molecule has 1 unspecified atom stereocenters. The first-order valence-corrected chi connectivity index (χ1v) is 9.22. The highest BCUT2D eigenvalue weighted by molar-refractivity contribution is 5.95. The number of carbonyl (C=O) groups excluding carboxylic acids is 1. The van der Waals surface area contributed by atoms with E-state index in [-0.39, 0.29) is 12.3 Å². The Hall–Kier alpha value is -2.77. The van der Waals surface area contributed by atoms with Gasteiger partial charge in [-0.25, -0.2) is 4.39 Å². The van der Waals surface area contributed by atoms with Crippen molar-refractivity contribution in [3.8, 4) is 0 Å². The number of morpholine rings is 1. The monoisotopic (exact) mass is 386 g/mol. The van der Waals surface area contributed by atoms with Gasteiger partial charge in [0, 0.05) is 30.8 Å². The van der Waals surface area contributed by atoms with Gasteiger partial charge in [-0.3, -0.25) is 14.5 Å². The van der Waals surface area contributed by atoms with E-state index in [0.29, 0.717) is 44.0 Å². The van der Waals surface area contributed by atoms with E-state index in [4.69, 9.17) is 9.84 Å². The van der Waals surface area contributed by atoms with Crippen LogP contribution in [0.5, 0.6) is 0 Å². The molecule has 2 aromatic rings. The molecular weight excluding hydrogens is 363 g/mol. The number of halogens is 1. The molecule has 1 aliphatic rings. The van der Waals surface area contributed by atoms with Crippen LogP contribution < -0.4 is 5.32 Å². The second-order valence-electron chi connectivity index (χ2n) is 6.66. The van der Waals surface area contributed by atoms with E-state index >= 15 is 0 Å². The molecule has 2 N–H and O–H groups in total. The van der Waals surface area contributed by atoms with Gasteiger partial charge in [0.05, 0.1) is 13.2 Å². The van der Waals surface area contributed by atoms with Crippen LogP contribution in [-0.4, -0.2) is 48.2 Å². The van der Waals surface area contributed by atoms with Crippen molar-refractivity contribution in [3.63, 3.8) is 0 Å². The minimum absolute atomic E-state index is 0.0169. The van der Waals surface area contributed by atoms with Crippen molar-refractivity contribution in [2.24, 2.45) is 0 Å². The zero-order valence-corrected chi connectivity index (χ0v) is 15.4. The minimum Gasteiger partial charge on any atom is -0.481 e. The van der Waals surface area contributed by atoms with E-state index in [1.807, 2.05) is 11.0 Å². The van der Waals surface area contributed by atoms with Crippen LogP contribution in [0.3, 0.4) is 0 Å². The highest BCUT2D eigenvalue weighted by Gasteiger charge is 2.31. The molecule has 1 heterocycles.